The number of H-pyrrole nitrogens is 1. The average Bonchev–Trinajstić information content (AvgIpc) is 3.59. The molecular weight excluding hydrogens is 498 g/mol. The Morgan fingerprint density at radius 3 is 2.70 bits per heavy atom. The van der Waals surface area contributed by atoms with Gasteiger partial charge in [-0.05, 0) is 59.3 Å². The van der Waals surface area contributed by atoms with E-state index in [0.717, 1.165) is 11.3 Å². The van der Waals surface area contributed by atoms with Gasteiger partial charge < -0.3 is 14.3 Å². The van der Waals surface area contributed by atoms with Crippen LogP contribution in [0.2, 0.25) is 5.02 Å². The fourth-order valence-corrected chi connectivity index (χ4v) is 3.99. The maximum Gasteiger partial charge on any atom is 0.411 e. The van der Waals surface area contributed by atoms with E-state index < -0.39 is 6.09 Å². The predicted octanol–water partition coefficient (Wildman–Crippen LogP) is 3.46. The molecular formula is C24H20ClN9O3. The largest absolute Gasteiger partial charge is 0.453 e. The molecule has 1 aromatic carbocycles. The Bertz CT molecular complexity index is 1630. The summed E-state index contributed by atoms with van der Waals surface area (Å²) in [5.74, 6) is 0.587. The number of halogens is 1. The van der Waals surface area contributed by atoms with Crippen molar-refractivity contribution in [1.29, 1.82) is 0 Å². The van der Waals surface area contributed by atoms with Crippen molar-refractivity contribution in [3.8, 4) is 28.2 Å². The second-order valence-electron chi connectivity index (χ2n) is 8.02. The van der Waals surface area contributed by atoms with E-state index in [1.807, 2.05) is 13.0 Å². The Labute approximate surface area is 214 Å². The quantitative estimate of drug-likeness (QED) is 0.348. The maximum absolute atomic E-state index is 13.1. The smallest absolute Gasteiger partial charge is 0.411 e. The van der Waals surface area contributed by atoms with Gasteiger partial charge in [0.25, 0.3) is 5.56 Å². The summed E-state index contributed by atoms with van der Waals surface area (Å²) in [7, 11) is 1.29. The number of carbonyl (C=O) groups excluding carboxylic acids is 1. The van der Waals surface area contributed by atoms with E-state index in [2.05, 4.69) is 40.5 Å². The zero-order valence-corrected chi connectivity index (χ0v) is 20.5. The highest BCUT2D eigenvalue weighted by atomic mass is 35.5. The summed E-state index contributed by atoms with van der Waals surface area (Å²) < 4.78 is 7.70. The molecule has 0 fully saturated rings. The molecule has 186 valence electrons. The Morgan fingerprint density at radius 2 is 2.00 bits per heavy atom. The number of aromatic amines is 1. The van der Waals surface area contributed by atoms with Crippen LogP contribution in [-0.2, 0) is 11.3 Å². The second-order valence-corrected chi connectivity index (χ2v) is 8.45. The zero-order chi connectivity index (χ0) is 25.9. The van der Waals surface area contributed by atoms with Crippen molar-refractivity contribution in [3.05, 3.63) is 88.1 Å². The van der Waals surface area contributed by atoms with Gasteiger partial charge in [-0.15, -0.1) is 5.10 Å². The van der Waals surface area contributed by atoms with Crippen molar-refractivity contribution in [3.63, 3.8) is 0 Å². The van der Waals surface area contributed by atoms with E-state index in [0.29, 0.717) is 39.2 Å². The number of hydrogen-bond acceptors (Lipinski definition) is 8. The minimum absolute atomic E-state index is 0.202. The third-order valence-corrected chi connectivity index (χ3v) is 5.84. The van der Waals surface area contributed by atoms with Crippen LogP contribution in [-0.4, -0.2) is 52.9 Å². The maximum atomic E-state index is 13.1. The first-order chi connectivity index (χ1) is 17.9. The van der Waals surface area contributed by atoms with Crippen LogP contribution in [0.4, 0.5) is 10.5 Å². The summed E-state index contributed by atoms with van der Waals surface area (Å²) in [5.41, 5.74) is 4.45. The first-order valence-electron chi connectivity index (χ1n) is 11.0. The third-order valence-electron chi connectivity index (χ3n) is 5.61. The number of aryl methyl sites for hydroxylation is 1. The highest BCUT2D eigenvalue weighted by molar-refractivity contribution is 6.31. The second kappa shape index (κ2) is 10.0. The molecule has 4 aromatic heterocycles. The standard InChI is InChI=1S/C24H20ClN9O3/c1-14-7-15(18-9-16(25)3-6-21(18)34-13-28-31-32-34)8-23(35)33(14)12-22-27-11-20(30-22)19-5-4-17(10-26-19)29-24(36)37-2/h3-11,13H,12H2,1-2H3,(H,27,30)(H,29,36). The van der Waals surface area contributed by atoms with Crippen LogP contribution in [0, 0.1) is 6.92 Å². The molecule has 0 aliphatic heterocycles. The minimum atomic E-state index is -0.577. The molecule has 0 aliphatic rings. The number of anilines is 1. The molecule has 37 heavy (non-hydrogen) atoms. The van der Waals surface area contributed by atoms with Gasteiger partial charge in [0, 0.05) is 22.3 Å². The number of benzene rings is 1. The van der Waals surface area contributed by atoms with Gasteiger partial charge in [-0.1, -0.05) is 11.6 Å². The SMILES string of the molecule is COC(=O)Nc1ccc(-c2cnc(Cn3c(C)cc(-c4cc(Cl)ccc4-n4cnnn4)cc3=O)[nH]2)nc1. The third kappa shape index (κ3) is 5.09. The average molecular weight is 518 g/mol. The molecule has 2 N–H and O–H groups in total. The van der Waals surface area contributed by atoms with E-state index >= 15 is 0 Å². The van der Waals surface area contributed by atoms with Crippen molar-refractivity contribution in [2.75, 3.05) is 12.4 Å². The van der Waals surface area contributed by atoms with E-state index in [-0.39, 0.29) is 12.1 Å². The van der Waals surface area contributed by atoms with Crippen LogP contribution >= 0.6 is 11.6 Å². The molecule has 5 aromatic rings. The lowest BCUT2D eigenvalue weighted by atomic mass is 10.0. The van der Waals surface area contributed by atoms with Gasteiger partial charge in [-0.3, -0.25) is 15.1 Å². The molecule has 1 amide bonds. The van der Waals surface area contributed by atoms with Crippen LogP contribution in [0.1, 0.15) is 11.5 Å². The number of nitrogens with one attached hydrogen (secondary N) is 2. The zero-order valence-electron chi connectivity index (χ0n) is 19.7. The number of tetrazole rings is 1. The molecule has 5 rings (SSSR count). The molecule has 0 saturated heterocycles. The number of hydrogen-bond donors (Lipinski definition) is 2. The lowest BCUT2D eigenvalue weighted by Gasteiger charge is -2.13. The number of nitrogens with zero attached hydrogens (tertiary/aromatic N) is 7. The molecule has 0 bridgehead atoms. The van der Waals surface area contributed by atoms with Crippen molar-refractivity contribution >= 4 is 23.4 Å². The summed E-state index contributed by atoms with van der Waals surface area (Å²) in [5, 5.41) is 14.4. The monoisotopic (exact) mass is 517 g/mol. The minimum Gasteiger partial charge on any atom is -0.453 e. The number of carbonyl (C=O) groups is 1. The summed E-state index contributed by atoms with van der Waals surface area (Å²) in [6.07, 6.45) is 4.06. The van der Waals surface area contributed by atoms with Crippen molar-refractivity contribution in [2.24, 2.45) is 0 Å². The highest BCUT2D eigenvalue weighted by Gasteiger charge is 2.14. The molecule has 4 heterocycles. The number of ether oxygens (including phenoxy) is 1. The van der Waals surface area contributed by atoms with Crippen molar-refractivity contribution in [1.82, 2.24) is 39.7 Å². The fraction of sp³-hybridized carbons (Fsp3) is 0.125. The van der Waals surface area contributed by atoms with E-state index in [1.54, 1.807) is 47.2 Å². The molecule has 12 nitrogen and oxygen atoms in total. The summed E-state index contributed by atoms with van der Waals surface area (Å²) >= 11 is 6.25. The number of amides is 1. The number of pyridine rings is 2. The van der Waals surface area contributed by atoms with Gasteiger partial charge in [-0.25, -0.2) is 9.78 Å². The number of aromatic nitrogens is 8. The Balaban J connectivity index is 1.40. The van der Waals surface area contributed by atoms with Crippen LogP contribution < -0.4 is 10.9 Å². The van der Waals surface area contributed by atoms with Gasteiger partial charge in [0.05, 0.1) is 48.8 Å². The van der Waals surface area contributed by atoms with Gasteiger partial charge in [0.15, 0.2) is 0 Å². The van der Waals surface area contributed by atoms with Gasteiger partial charge in [-0.2, -0.15) is 4.68 Å². The lowest BCUT2D eigenvalue weighted by molar-refractivity contribution is 0.187. The topological polar surface area (TPSA) is 146 Å². The fourth-order valence-electron chi connectivity index (χ4n) is 3.82. The molecule has 0 radical (unpaired) electrons. The van der Waals surface area contributed by atoms with Gasteiger partial charge >= 0.3 is 6.09 Å². The van der Waals surface area contributed by atoms with Gasteiger partial charge in [0.1, 0.15) is 12.2 Å². The Kier molecular flexibility index (Phi) is 6.47. The van der Waals surface area contributed by atoms with Crippen LogP contribution in [0.15, 0.2) is 66.0 Å². The molecule has 0 spiro atoms. The number of rotatable bonds is 6. The van der Waals surface area contributed by atoms with E-state index in [9.17, 15) is 9.59 Å². The number of imidazole rings is 1. The summed E-state index contributed by atoms with van der Waals surface area (Å²) in [6.45, 7) is 2.09. The van der Waals surface area contributed by atoms with Crippen LogP contribution in [0.25, 0.3) is 28.2 Å². The van der Waals surface area contributed by atoms with Crippen molar-refractivity contribution in [2.45, 2.75) is 13.5 Å². The first kappa shape index (κ1) is 23.9. The lowest BCUT2D eigenvalue weighted by Crippen LogP contribution is -2.23. The van der Waals surface area contributed by atoms with E-state index in [4.69, 9.17) is 11.6 Å². The number of methoxy groups -OCH3 is 1. The molecule has 0 unspecified atom stereocenters. The highest BCUT2D eigenvalue weighted by Crippen LogP contribution is 2.29. The molecule has 0 aliphatic carbocycles. The van der Waals surface area contributed by atoms with Crippen molar-refractivity contribution < 1.29 is 9.53 Å². The predicted molar refractivity (Wildman–Crippen MR) is 136 cm³/mol. The summed E-state index contributed by atoms with van der Waals surface area (Å²) in [4.78, 5) is 36.4. The first-order valence-corrected chi connectivity index (χ1v) is 11.4. The van der Waals surface area contributed by atoms with E-state index in [1.165, 1.54) is 24.3 Å². The Morgan fingerprint density at radius 1 is 1.14 bits per heavy atom. The van der Waals surface area contributed by atoms with Gasteiger partial charge in [0.2, 0.25) is 0 Å². The van der Waals surface area contributed by atoms with Crippen LogP contribution in [0.3, 0.4) is 0 Å². The normalized spacial score (nSPS) is 10.9. The molecule has 0 saturated carbocycles. The summed E-state index contributed by atoms with van der Waals surface area (Å²) in [6, 6.07) is 12.2. The molecule has 0 atom stereocenters. The Hall–Kier alpha value is -4.84. The van der Waals surface area contributed by atoms with Crippen LogP contribution in [0.5, 0.6) is 0 Å². The molecule has 13 heteroatoms.